The minimum absolute atomic E-state index is 0. The van der Waals surface area contributed by atoms with Crippen molar-refractivity contribution in [3.8, 4) is 0 Å². The Morgan fingerprint density at radius 3 is 1.25 bits per heavy atom. The van der Waals surface area contributed by atoms with E-state index in [1.165, 1.54) is 0 Å². The van der Waals surface area contributed by atoms with Gasteiger partial charge in [-0.3, -0.25) is 0 Å². The molecule has 0 spiro atoms. The van der Waals surface area contributed by atoms with Gasteiger partial charge in [0.2, 0.25) is 0 Å². The normalized spacial score (nSPS) is 0. The summed E-state index contributed by atoms with van der Waals surface area (Å²) in [6.45, 7) is 0. The van der Waals surface area contributed by atoms with Crippen LogP contribution in [0.25, 0.3) is 0 Å². The Morgan fingerprint density at radius 1 is 1.25 bits per heavy atom. The van der Waals surface area contributed by atoms with E-state index in [9.17, 15) is 0 Å². The van der Waals surface area contributed by atoms with Gasteiger partial charge in [-0.25, -0.2) is 0 Å². The second-order valence-corrected chi connectivity index (χ2v) is 0. The van der Waals surface area contributed by atoms with E-state index in [0.717, 1.165) is 0 Å². The second-order valence-electron chi connectivity index (χ2n) is 0. The number of hydrogen-bond donors (Lipinski definition) is 0. The van der Waals surface area contributed by atoms with Crippen LogP contribution in [0.5, 0.6) is 0 Å². The van der Waals surface area contributed by atoms with Crippen LogP contribution in [0, 0.1) is 0 Å². The molecule has 4 heavy (non-hydrogen) atoms. The Morgan fingerprint density at radius 2 is 1.25 bits per heavy atom. The summed E-state index contributed by atoms with van der Waals surface area (Å²) in [7, 11) is 0. The zero-order valence-corrected chi connectivity index (χ0v) is 9.64. The maximum absolute atomic E-state index is 0. The Hall–Kier alpha value is 3.96. The summed E-state index contributed by atoms with van der Waals surface area (Å²) >= 11 is 0. The van der Waals surface area contributed by atoms with Crippen LogP contribution in [0.2, 0.25) is 0 Å². The summed E-state index contributed by atoms with van der Waals surface area (Å²) in [6.07, 6.45) is 0. The predicted molar refractivity (Wildman–Crippen MR) is 29.0 cm³/mol. The Kier molecular flexibility index (Phi) is 96.9. The number of hydrogen-bond acceptors (Lipinski definition) is 0. The van der Waals surface area contributed by atoms with Crippen molar-refractivity contribution in [3.05, 3.63) is 0 Å². The van der Waals surface area contributed by atoms with Crippen LogP contribution in [0.1, 0.15) is 4.28 Å². The van der Waals surface area contributed by atoms with Gasteiger partial charge < -0.3 is 4.28 Å². The van der Waals surface area contributed by atoms with Gasteiger partial charge >= 0.3 is 124 Å². The van der Waals surface area contributed by atoms with Crippen molar-refractivity contribution in [3.63, 3.8) is 0 Å². The fourth-order valence-corrected chi connectivity index (χ4v) is 0. The molecule has 0 aliphatic heterocycles. The minimum atomic E-state index is 0. The zero-order valence-electron chi connectivity index (χ0n) is 5.21. The molecule has 0 N–H and O–H groups in total. The van der Waals surface area contributed by atoms with E-state index in [4.69, 9.17) is 0 Å². The molecule has 0 bridgehead atoms. The summed E-state index contributed by atoms with van der Waals surface area (Å²) in [5, 5.41) is 0. The summed E-state index contributed by atoms with van der Waals surface area (Å²) in [6, 6.07) is 0. The molecule has 0 unspecified atom stereocenters. The van der Waals surface area contributed by atoms with Crippen molar-refractivity contribution in [2.45, 2.75) is 0 Å². The molecule has 0 aromatic rings. The molecule has 0 fully saturated rings. The molecule has 0 saturated heterocycles. The average molecular weight is 240 g/mol. The molecule has 0 aliphatic rings. The van der Waals surface area contributed by atoms with Crippen LogP contribution in [-0.4, -0.2) is 72.4 Å². The van der Waals surface area contributed by atoms with E-state index < -0.39 is 0 Å². The summed E-state index contributed by atoms with van der Waals surface area (Å²) in [4.78, 5) is 0. The molecular weight excluding hydrogens is 231 g/mol. The van der Waals surface area contributed by atoms with Crippen LogP contribution in [0.4, 0.5) is 0 Å². The third-order valence-electron chi connectivity index (χ3n) is 0. The Bertz CT molecular complexity index is 14.9. The first kappa shape index (κ1) is 24.6. The first-order valence-electron chi connectivity index (χ1n) is 0. The van der Waals surface area contributed by atoms with Crippen molar-refractivity contribution in [2.24, 2.45) is 0 Å². The summed E-state index contributed by atoms with van der Waals surface area (Å²) in [5.74, 6) is 0. The van der Waals surface area contributed by atoms with E-state index in [1.807, 2.05) is 0 Å². The van der Waals surface area contributed by atoms with Gasteiger partial charge in [-0.15, -0.1) is 0 Å². The van der Waals surface area contributed by atoms with Gasteiger partial charge in [0.1, 0.15) is 0 Å². The summed E-state index contributed by atoms with van der Waals surface area (Å²) < 4.78 is 0. The molecule has 0 aliphatic carbocycles. The third kappa shape index (κ3) is 9.35. The van der Waals surface area contributed by atoms with Crippen molar-refractivity contribution in [1.82, 2.24) is 0 Å². The Balaban J connectivity index is 0. The maximum atomic E-state index is 0. The molecule has 4 heteroatoms. The van der Waals surface area contributed by atoms with Crippen molar-refractivity contribution in [2.75, 3.05) is 0 Å². The van der Waals surface area contributed by atoms with E-state index >= 15 is 0 Å². The molecule has 0 aromatic heterocycles. The first-order valence-corrected chi connectivity index (χ1v) is 0. The topological polar surface area (TPSA) is 0 Å². The fraction of sp³-hybridized carbons (Fsp3) is 0. The van der Waals surface area contributed by atoms with Crippen LogP contribution in [0.15, 0.2) is 0 Å². The fourth-order valence-electron chi connectivity index (χ4n) is 0. The molecule has 0 amide bonds. The predicted octanol–water partition coefficient (Wildman–Crippen LogP) is -5.41. The molecule has 0 rings (SSSR count). The van der Waals surface area contributed by atoms with Crippen LogP contribution < -0.4 is 51.4 Å². The van der Waals surface area contributed by atoms with Gasteiger partial charge in [-0.1, -0.05) is 0 Å². The average Bonchev–Trinajstić information content (AvgIpc) is 0. The van der Waals surface area contributed by atoms with Crippen LogP contribution in [-0.2, 0) is 0 Å². The van der Waals surface area contributed by atoms with Crippen molar-refractivity contribution < 1.29 is 55.7 Å². The molecule has 0 aromatic carbocycles. The third-order valence-corrected chi connectivity index (χ3v) is 0. The van der Waals surface area contributed by atoms with Gasteiger partial charge in [-0.2, -0.15) is 0 Å². The zero-order chi connectivity index (χ0) is 0. The standard InChI is InChI=1S/Ca.GeH4.K.H2Se.3H/h;1H4;;1H2;;;/q+2;;+1;;3*-1. The van der Waals surface area contributed by atoms with E-state index in [-0.39, 0.29) is 128 Å². The molecule has 0 radical (unpaired) electrons. The second kappa shape index (κ2) is 15.8. The van der Waals surface area contributed by atoms with Gasteiger partial charge in [0, 0.05) is 0 Å². The van der Waals surface area contributed by atoms with Gasteiger partial charge in [-0.05, 0) is 0 Å². The molecule has 0 atom stereocenters. The van der Waals surface area contributed by atoms with Crippen LogP contribution >= 0.6 is 0 Å². The SMILES string of the molecule is [Ca+2].[GeH4].[H-].[H-].[H-].[K+].[SeH2]. The monoisotopic (exact) mass is 242 g/mol. The first-order chi connectivity index (χ1) is 0. The Labute approximate surface area is 125 Å². The molecule has 22 valence electrons. The molecule has 0 heterocycles. The van der Waals surface area contributed by atoms with E-state index in [2.05, 4.69) is 0 Å². The quantitative estimate of drug-likeness (QED) is 0.371. The number of rotatable bonds is 0. The van der Waals surface area contributed by atoms with Crippen molar-refractivity contribution >= 4 is 72.4 Å². The van der Waals surface area contributed by atoms with E-state index in [1.54, 1.807) is 0 Å². The van der Waals surface area contributed by atoms with E-state index in [0.29, 0.717) is 0 Å². The van der Waals surface area contributed by atoms with Crippen molar-refractivity contribution in [1.29, 1.82) is 0 Å². The molecule has 0 nitrogen and oxygen atoms in total. The summed E-state index contributed by atoms with van der Waals surface area (Å²) in [5.41, 5.74) is 0. The van der Waals surface area contributed by atoms with Gasteiger partial charge in [0.15, 0.2) is 0 Å². The molecular formula is H9CaGeKSe. The molecule has 0 saturated carbocycles. The van der Waals surface area contributed by atoms with Gasteiger partial charge in [0.25, 0.3) is 0 Å². The van der Waals surface area contributed by atoms with Gasteiger partial charge in [0.05, 0.1) is 0 Å². The van der Waals surface area contributed by atoms with Crippen LogP contribution in [0.3, 0.4) is 0 Å².